The first-order chi connectivity index (χ1) is 15.8. The Morgan fingerprint density at radius 1 is 0.906 bits per heavy atom. The predicted molar refractivity (Wildman–Crippen MR) is 119 cm³/mol. The summed E-state index contributed by atoms with van der Waals surface area (Å²) in [7, 11) is 0. The van der Waals surface area contributed by atoms with Crippen LogP contribution in [0, 0.1) is 0 Å². The Labute approximate surface area is 184 Å². The minimum atomic E-state index is -0.220. The Kier molecular flexibility index (Phi) is 5.24. The van der Waals surface area contributed by atoms with Crippen molar-refractivity contribution in [2.45, 2.75) is 6.54 Å². The molecule has 0 aliphatic carbocycles. The lowest BCUT2D eigenvalue weighted by molar-refractivity contribution is 0.0951. The monoisotopic (exact) mass is 421 g/mol. The lowest BCUT2D eigenvalue weighted by atomic mass is 10.1. The van der Waals surface area contributed by atoms with Crippen LogP contribution in [0.5, 0.6) is 0 Å². The Hall–Kier alpha value is -4.59. The summed E-state index contributed by atoms with van der Waals surface area (Å²) in [6.45, 7) is 0.341. The number of benzene rings is 1. The number of hydrogen-bond acceptors (Lipinski definition) is 5. The molecule has 1 amide bonds. The first-order valence-corrected chi connectivity index (χ1v) is 10.1. The van der Waals surface area contributed by atoms with Gasteiger partial charge in [-0.15, -0.1) is 0 Å². The molecule has 0 spiro atoms. The number of nitrogens with zero attached hydrogens (tertiary/aromatic N) is 6. The number of nitrogens with one attached hydrogen (secondary N) is 1. The zero-order valence-electron chi connectivity index (χ0n) is 17.0. The highest BCUT2D eigenvalue weighted by Crippen LogP contribution is 2.23. The second kappa shape index (κ2) is 8.65. The van der Waals surface area contributed by atoms with Crippen molar-refractivity contribution >= 4 is 5.91 Å². The van der Waals surface area contributed by atoms with E-state index in [0.29, 0.717) is 23.6 Å². The van der Waals surface area contributed by atoms with E-state index in [1.165, 1.54) is 0 Å². The zero-order chi connectivity index (χ0) is 21.8. The summed E-state index contributed by atoms with van der Waals surface area (Å²) in [5.41, 5.74) is 3.58. The van der Waals surface area contributed by atoms with E-state index in [0.717, 1.165) is 16.8 Å². The molecule has 0 aliphatic heterocycles. The van der Waals surface area contributed by atoms with E-state index in [4.69, 9.17) is 0 Å². The van der Waals surface area contributed by atoms with E-state index >= 15 is 0 Å². The first kappa shape index (κ1) is 19.4. The van der Waals surface area contributed by atoms with Gasteiger partial charge in [0.25, 0.3) is 5.91 Å². The average molecular weight is 421 g/mol. The van der Waals surface area contributed by atoms with Crippen molar-refractivity contribution in [1.29, 1.82) is 0 Å². The van der Waals surface area contributed by atoms with Crippen LogP contribution in [0.25, 0.3) is 22.8 Å². The average Bonchev–Trinajstić information content (AvgIpc) is 3.55. The summed E-state index contributed by atoms with van der Waals surface area (Å²) in [5.74, 6) is 0.496. The van der Waals surface area contributed by atoms with Gasteiger partial charge in [-0.2, -0.15) is 10.2 Å². The number of hydrogen-bond donors (Lipinski definition) is 1. The molecule has 4 heterocycles. The van der Waals surface area contributed by atoms with Crippen molar-refractivity contribution in [3.05, 3.63) is 109 Å². The quantitative estimate of drug-likeness (QED) is 0.454. The highest BCUT2D eigenvalue weighted by molar-refractivity contribution is 5.99. The van der Waals surface area contributed by atoms with Crippen LogP contribution in [0.1, 0.15) is 15.9 Å². The highest BCUT2D eigenvalue weighted by Gasteiger charge is 2.18. The number of para-hydroxylation sites is 1. The summed E-state index contributed by atoms with van der Waals surface area (Å²) in [4.78, 5) is 21.7. The fourth-order valence-corrected chi connectivity index (χ4v) is 3.31. The van der Waals surface area contributed by atoms with Crippen LogP contribution < -0.4 is 5.32 Å². The van der Waals surface area contributed by atoms with E-state index in [2.05, 4.69) is 25.5 Å². The van der Waals surface area contributed by atoms with Crippen LogP contribution in [0.4, 0.5) is 0 Å². The lowest BCUT2D eigenvalue weighted by Gasteiger charge is -2.06. The topological polar surface area (TPSA) is 90.5 Å². The summed E-state index contributed by atoms with van der Waals surface area (Å²) >= 11 is 0. The Morgan fingerprint density at radius 2 is 1.81 bits per heavy atom. The summed E-state index contributed by atoms with van der Waals surface area (Å²) < 4.78 is 3.39. The second-order valence-electron chi connectivity index (χ2n) is 7.07. The molecule has 5 aromatic rings. The first-order valence-electron chi connectivity index (χ1n) is 10.1. The van der Waals surface area contributed by atoms with Crippen LogP contribution in [-0.4, -0.2) is 35.4 Å². The number of rotatable bonds is 6. The minimum absolute atomic E-state index is 0.220. The fraction of sp³-hybridized carbons (Fsp3) is 0.0417. The molecule has 0 unspecified atom stereocenters. The van der Waals surface area contributed by atoms with Gasteiger partial charge in [0, 0.05) is 49.3 Å². The summed E-state index contributed by atoms with van der Waals surface area (Å²) in [6, 6.07) is 19.0. The number of pyridine rings is 2. The van der Waals surface area contributed by atoms with Crippen LogP contribution in [0.3, 0.4) is 0 Å². The van der Waals surface area contributed by atoms with Gasteiger partial charge in [-0.05, 0) is 42.0 Å². The Bertz CT molecular complexity index is 1310. The van der Waals surface area contributed by atoms with E-state index in [9.17, 15) is 4.79 Å². The lowest BCUT2D eigenvalue weighted by Crippen LogP contribution is -2.23. The third kappa shape index (κ3) is 4.01. The minimum Gasteiger partial charge on any atom is -0.348 e. The van der Waals surface area contributed by atoms with Crippen molar-refractivity contribution in [3.8, 4) is 22.8 Å². The maximum absolute atomic E-state index is 13.1. The molecule has 1 N–H and O–H groups in total. The maximum Gasteiger partial charge on any atom is 0.255 e. The van der Waals surface area contributed by atoms with Crippen LogP contribution in [-0.2, 0) is 6.54 Å². The molecule has 8 heteroatoms. The van der Waals surface area contributed by atoms with Gasteiger partial charge in [0.1, 0.15) is 5.69 Å². The van der Waals surface area contributed by atoms with Gasteiger partial charge in [-0.25, -0.2) is 14.3 Å². The van der Waals surface area contributed by atoms with E-state index in [-0.39, 0.29) is 5.91 Å². The molecule has 0 radical (unpaired) electrons. The largest absolute Gasteiger partial charge is 0.348 e. The van der Waals surface area contributed by atoms with Crippen LogP contribution >= 0.6 is 0 Å². The molecule has 0 atom stereocenters. The van der Waals surface area contributed by atoms with Gasteiger partial charge >= 0.3 is 0 Å². The number of aromatic nitrogens is 6. The fourth-order valence-electron chi connectivity index (χ4n) is 3.31. The van der Waals surface area contributed by atoms with Crippen molar-refractivity contribution in [1.82, 2.24) is 34.8 Å². The molecule has 5 rings (SSSR count). The van der Waals surface area contributed by atoms with E-state index in [1.807, 2.05) is 66.9 Å². The zero-order valence-corrected chi connectivity index (χ0v) is 17.0. The molecule has 156 valence electrons. The van der Waals surface area contributed by atoms with Crippen molar-refractivity contribution in [2.75, 3.05) is 0 Å². The van der Waals surface area contributed by atoms with Gasteiger partial charge in [0.05, 0.1) is 11.3 Å². The number of amides is 1. The third-order valence-corrected chi connectivity index (χ3v) is 4.92. The Morgan fingerprint density at radius 3 is 2.53 bits per heavy atom. The smallest absolute Gasteiger partial charge is 0.255 e. The Balaban J connectivity index is 1.38. The second-order valence-corrected chi connectivity index (χ2v) is 7.07. The molecule has 8 nitrogen and oxygen atoms in total. The highest BCUT2D eigenvalue weighted by atomic mass is 16.1. The van der Waals surface area contributed by atoms with E-state index < -0.39 is 0 Å². The molecule has 0 saturated carbocycles. The van der Waals surface area contributed by atoms with Crippen molar-refractivity contribution < 1.29 is 4.79 Å². The van der Waals surface area contributed by atoms with E-state index in [1.54, 1.807) is 40.3 Å². The summed E-state index contributed by atoms with van der Waals surface area (Å²) in [5, 5.41) is 11.8. The van der Waals surface area contributed by atoms with Gasteiger partial charge < -0.3 is 5.32 Å². The molecule has 0 fully saturated rings. The third-order valence-electron chi connectivity index (χ3n) is 4.92. The van der Waals surface area contributed by atoms with Crippen LogP contribution in [0.2, 0.25) is 0 Å². The van der Waals surface area contributed by atoms with Gasteiger partial charge in [0.2, 0.25) is 0 Å². The normalized spacial score (nSPS) is 10.8. The van der Waals surface area contributed by atoms with Crippen molar-refractivity contribution in [3.63, 3.8) is 0 Å². The number of carbonyl (C=O) groups is 1. The predicted octanol–water partition coefficient (Wildman–Crippen LogP) is 3.45. The standard InChI is InChI=1S/C24H19N7O/c32-24(27-15-18-9-10-22(26-14-18)30-13-5-12-28-30)21-17-31(20-7-2-1-3-8-20)29-23(21)19-6-4-11-25-16-19/h1-14,16-17H,15H2,(H,27,32). The molecule has 1 aromatic carbocycles. The maximum atomic E-state index is 13.1. The SMILES string of the molecule is O=C(NCc1ccc(-n2cccn2)nc1)c1cn(-c2ccccc2)nc1-c1cccnc1. The molecular formula is C24H19N7O. The molecule has 0 bridgehead atoms. The molecule has 0 saturated heterocycles. The van der Waals surface area contributed by atoms with Crippen LogP contribution in [0.15, 0.2) is 97.8 Å². The number of carbonyl (C=O) groups excluding carboxylic acids is 1. The van der Waals surface area contributed by atoms with Gasteiger partial charge in [0.15, 0.2) is 5.82 Å². The van der Waals surface area contributed by atoms with Crippen molar-refractivity contribution in [2.24, 2.45) is 0 Å². The molecular weight excluding hydrogens is 402 g/mol. The molecule has 32 heavy (non-hydrogen) atoms. The summed E-state index contributed by atoms with van der Waals surface area (Å²) in [6.07, 6.45) is 10.4. The molecule has 0 aliphatic rings. The van der Waals surface area contributed by atoms with Gasteiger partial charge in [-0.3, -0.25) is 9.78 Å². The molecule has 4 aromatic heterocycles. The van der Waals surface area contributed by atoms with Gasteiger partial charge in [-0.1, -0.05) is 24.3 Å².